The molecule has 2 aromatic carbocycles. The Morgan fingerprint density at radius 3 is 2.52 bits per heavy atom. The fourth-order valence-corrected chi connectivity index (χ4v) is 2.81. The first-order valence-corrected chi connectivity index (χ1v) is 8.18. The largest absolute Gasteiger partial charge is 0.361 e. The molecule has 128 valence electrons. The Morgan fingerprint density at radius 1 is 1.04 bits per heavy atom. The molecule has 2 N–H and O–H groups in total. The lowest BCUT2D eigenvalue weighted by molar-refractivity contribution is -0.129. The molecule has 0 radical (unpaired) electrons. The molecule has 0 saturated carbocycles. The lowest BCUT2D eigenvalue weighted by Crippen LogP contribution is -2.33. The number of carbonyl (C=O) groups is 2. The quantitative estimate of drug-likeness (QED) is 0.752. The van der Waals surface area contributed by atoms with Crippen molar-refractivity contribution in [1.82, 2.24) is 15.2 Å². The number of benzene rings is 2. The van der Waals surface area contributed by atoms with E-state index in [4.69, 9.17) is 0 Å². The molecule has 5 heteroatoms. The first-order valence-electron chi connectivity index (χ1n) is 8.18. The van der Waals surface area contributed by atoms with E-state index in [-0.39, 0.29) is 24.3 Å². The Hall–Kier alpha value is -3.08. The van der Waals surface area contributed by atoms with E-state index in [1.54, 1.807) is 20.2 Å². The van der Waals surface area contributed by atoms with Gasteiger partial charge in [-0.15, -0.1) is 0 Å². The van der Waals surface area contributed by atoms with Gasteiger partial charge in [-0.1, -0.05) is 36.4 Å². The summed E-state index contributed by atoms with van der Waals surface area (Å²) in [6, 6.07) is 16.6. The Morgan fingerprint density at radius 2 is 1.80 bits per heavy atom. The van der Waals surface area contributed by atoms with Gasteiger partial charge in [-0.2, -0.15) is 0 Å². The predicted octanol–water partition coefficient (Wildman–Crippen LogP) is 3.12. The number of hydrogen-bond acceptors (Lipinski definition) is 2. The van der Waals surface area contributed by atoms with Crippen molar-refractivity contribution in [3.63, 3.8) is 0 Å². The van der Waals surface area contributed by atoms with Gasteiger partial charge in [0.1, 0.15) is 0 Å². The summed E-state index contributed by atoms with van der Waals surface area (Å²) in [6.07, 6.45) is 2.03. The zero-order valence-electron chi connectivity index (χ0n) is 14.3. The summed E-state index contributed by atoms with van der Waals surface area (Å²) in [5.74, 6) is -0.223. The SMILES string of the molecule is CN(C)C(=O)C[C@H](NC(=O)c1cccc2[nH]ccc12)c1ccccc1. The zero-order valence-corrected chi connectivity index (χ0v) is 14.3. The lowest BCUT2D eigenvalue weighted by Gasteiger charge is -2.21. The van der Waals surface area contributed by atoms with Crippen molar-refractivity contribution < 1.29 is 9.59 Å². The molecule has 3 rings (SSSR count). The Kier molecular flexibility index (Phi) is 4.84. The van der Waals surface area contributed by atoms with Gasteiger partial charge in [0, 0.05) is 36.8 Å². The maximum Gasteiger partial charge on any atom is 0.252 e. The Labute approximate surface area is 146 Å². The van der Waals surface area contributed by atoms with Crippen LogP contribution in [0.15, 0.2) is 60.8 Å². The van der Waals surface area contributed by atoms with Crippen LogP contribution in [0.5, 0.6) is 0 Å². The summed E-state index contributed by atoms with van der Waals surface area (Å²) < 4.78 is 0. The summed E-state index contributed by atoms with van der Waals surface area (Å²) >= 11 is 0. The van der Waals surface area contributed by atoms with Crippen molar-refractivity contribution in [1.29, 1.82) is 0 Å². The molecule has 0 unspecified atom stereocenters. The van der Waals surface area contributed by atoms with Crippen LogP contribution in [0.25, 0.3) is 10.9 Å². The summed E-state index contributed by atoms with van der Waals surface area (Å²) in [5, 5.41) is 3.88. The molecule has 0 bridgehead atoms. The lowest BCUT2D eigenvalue weighted by atomic mass is 10.0. The second-order valence-electron chi connectivity index (χ2n) is 6.17. The van der Waals surface area contributed by atoms with E-state index < -0.39 is 0 Å². The molecule has 1 aromatic heterocycles. The third kappa shape index (κ3) is 3.71. The fraction of sp³-hybridized carbons (Fsp3) is 0.200. The van der Waals surface area contributed by atoms with Crippen LogP contribution in [0, 0.1) is 0 Å². The van der Waals surface area contributed by atoms with E-state index in [0.29, 0.717) is 5.56 Å². The maximum absolute atomic E-state index is 12.8. The topological polar surface area (TPSA) is 65.2 Å². The molecular weight excluding hydrogens is 314 g/mol. The number of aromatic amines is 1. The van der Waals surface area contributed by atoms with Gasteiger partial charge >= 0.3 is 0 Å². The number of nitrogens with zero attached hydrogens (tertiary/aromatic N) is 1. The van der Waals surface area contributed by atoms with E-state index in [1.165, 1.54) is 4.90 Å². The molecule has 5 nitrogen and oxygen atoms in total. The Bertz CT molecular complexity index is 884. The third-order valence-electron chi connectivity index (χ3n) is 4.22. The van der Waals surface area contributed by atoms with Crippen LogP contribution in [0.4, 0.5) is 0 Å². The number of aromatic nitrogens is 1. The average Bonchev–Trinajstić information content (AvgIpc) is 3.10. The number of rotatable bonds is 5. The van der Waals surface area contributed by atoms with Crippen LogP contribution in [-0.2, 0) is 4.79 Å². The minimum absolute atomic E-state index is 0.0333. The molecule has 2 amide bonds. The number of hydrogen-bond donors (Lipinski definition) is 2. The molecule has 0 fully saturated rings. The van der Waals surface area contributed by atoms with E-state index >= 15 is 0 Å². The van der Waals surface area contributed by atoms with E-state index in [2.05, 4.69) is 10.3 Å². The highest BCUT2D eigenvalue weighted by atomic mass is 16.2. The smallest absolute Gasteiger partial charge is 0.252 e. The zero-order chi connectivity index (χ0) is 17.8. The minimum atomic E-state index is -0.377. The van der Waals surface area contributed by atoms with Gasteiger partial charge in [0.15, 0.2) is 0 Å². The van der Waals surface area contributed by atoms with Gasteiger partial charge in [-0.25, -0.2) is 0 Å². The minimum Gasteiger partial charge on any atom is -0.361 e. The standard InChI is InChI=1S/C20H21N3O2/c1-23(2)19(24)13-18(14-7-4-3-5-8-14)22-20(25)16-9-6-10-17-15(16)11-12-21-17/h3-12,18,21H,13H2,1-2H3,(H,22,25)/t18-/m0/s1. The second kappa shape index (κ2) is 7.21. The fourth-order valence-electron chi connectivity index (χ4n) is 2.81. The summed E-state index contributed by atoms with van der Waals surface area (Å²) in [7, 11) is 3.43. The summed E-state index contributed by atoms with van der Waals surface area (Å²) in [5.41, 5.74) is 2.41. The number of carbonyl (C=O) groups excluding carboxylic acids is 2. The molecule has 3 aromatic rings. The summed E-state index contributed by atoms with van der Waals surface area (Å²) in [4.78, 5) is 29.7. The molecule has 25 heavy (non-hydrogen) atoms. The molecule has 0 aliphatic carbocycles. The van der Waals surface area contributed by atoms with Crippen LogP contribution in [0.2, 0.25) is 0 Å². The van der Waals surface area contributed by atoms with Crippen molar-refractivity contribution in [3.8, 4) is 0 Å². The molecule has 1 heterocycles. The Balaban J connectivity index is 1.88. The molecule has 0 saturated heterocycles. The van der Waals surface area contributed by atoms with Gasteiger partial charge in [-0.3, -0.25) is 9.59 Å². The van der Waals surface area contributed by atoms with Gasteiger partial charge < -0.3 is 15.2 Å². The predicted molar refractivity (Wildman–Crippen MR) is 98.3 cm³/mol. The highest BCUT2D eigenvalue weighted by Gasteiger charge is 2.21. The molecule has 1 atom stereocenters. The van der Waals surface area contributed by atoms with Gasteiger partial charge in [0.25, 0.3) is 5.91 Å². The third-order valence-corrected chi connectivity index (χ3v) is 4.22. The van der Waals surface area contributed by atoms with Crippen LogP contribution in [0.1, 0.15) is 28.4 Å². The highest BCUT2D eigenvalue weighted by Crippen LogP contribution is 2.21. The average molecular weight is 335 g/mol. The number of H-pyrrole nitrogens is 1. The van der Waals surface area contributed by atoms with Gasteiger partial charge in [-0.05, 0) is 23.8 Å². The number of amides is 2. The van der Waals surface area contributed by atoms with Crippen LogP contribution < -0.4 is 5.32 Å². The van der Waals surface area contributed by atoms with Crippen molar-refractivity contribution >= 4 is 22.7 Å². The van der Waals surface area contributed by atoms with E-state index in [9.17, 15) is 9.59 Å². The first kappa shape index (κ1) is 16.8. The van der Waals surface area contributed by atoms with Gasteiger partial charge in [0.05, 0.1) is 12.5 Å². The normalized spacial score (nSPS) is 11.9. The molecular formula is C20H21N3O2. The number of nitrogens with one attached hydrogen (secondary N) is 2. The second-order valence-corrected chi connectivity index (χ2v) is 6.17. The monoisotopic (exact) mass is 335 g/mol. The van der Waals surface area contributed by atoms with Crippen molar-refractivity contribution in [2.45, 2.75) is 12.5 Å². The first-order chi connectivity index (χ1) is 12.1. The molecule has 0 aliphatic heterocycles. The van der Waals surface area contributed by atoms with Crippen LogP contribution in [0.3, 0.4) is 0 Å². The highest BCUT2D eigenvalue weighted by molar-refractivity contribution is 6.06. The van der Waals surface area contributed by atoms with Crippen LogP contribution in [-0.4, -0.2) is 35.8 Å². The van der Waals surface area contributed by atoms with Crippen molar-refractivity contribution in [2.24, 2.45) is 0 Å². The molecule has 0 spiro atoms. The van der Waals surface area contributed by atoms with Crippen molar-refractivity contribution in [3.05, 3.63) is 71.9 Å². The van der Waals surface area contributed by atoms with Crippen LogP contribution >= 0.6 is 0 Å². The van der Waals surface area contributed by atoms with Gasteiger partial charge in [0.2, 0.25) is 5.91 Å². The maximum atomic E-state index is 12.8. The van der Waals surface area contributed by atoms with E-state index in [1.807, 2.05) is 54.7 Å². The van der Waals surface area contributed by atoms with Crippen molar-refractivity contribution in [2.75, 3.05) is 14.1 Å². The molecule has 0 aliphatic rings. The summed E-state index contributed by atoms with van der Waals surface area (Å²) in [6.45, 7) is 0. The number of fused-ring (bicyclic) bond motifs is 1. The van der Waals surface area contributed by atoms with E-state index in [0.717, 1.165) is 16.5 Å².